The van der Waals surface area contributed by atoms with Gasteiger partial charge in [0.15, 0.2) is 0 Å². The predicted octanol–water partition coefficient (Wildman–Crippen LogP) is 3.95. The molecule has 3 aliphatic heterocycles. The summed E-state index contributed by atoms with van der Waals surface area (Å²) in [6.45, 7) is 10.5. The van der Waals surface area contributed by atoms with E-state index < -0.39 is 10.0 Å². The van der Waals surface area contributed by atoms with Crippen LogP contribution in [-0.2, 0) is 14.8 Å². The maximum Gasteiger partial charge on any atom is 0.285 e. The number of nitrogens with zero attached hydrogens (tertiary/aromatic N) is 3. The molecule has 0 bridgehead atoms. The third kappa shape index (κ3) is 5.97. The van der Waals surface area contributed by atoms with Crippen LogP contribution in [-0.4, -0.2) is 68.7 Å². The highest BCUT2D eigenvalue weighted by molar-refractivity contribution is 8.00. The van der Waals surface area contributed by atoms with Crippen LogP contribution in [0.25, 0.3) is 4.91 Å². The van der Waals surface area contributed by atoms with E-state index >= 15 is 0 Å². The number of hydrogen-bond acceptors (Lipinski definition) is 5. The molecular weight excluding hydrogens is 460 g/mol. The zero-order valence-electron chi connectivity index (χ0n) is 21.4. The lowest BCUT2D eigenvalue weighted by Crippen LogP contribution is -2.44. The van der Waals surface area contributed by atoms with E-state index in [4.69, 9.17) is 0 Å². The Morgan fingerprint density at radius 3 is 2.46 bits per heavy atom. The SMILES string of the molecule is CCC1=C(c2ccc(C)cc2)S(=O)(=O)N=C1N1CCC(C(=O)NCCCN2CCCC[C@H]2C)CC1. The molecule has 2 saturated heterocycles. The van der Waals surface area contributed by atoms with Crippen LogP contribution < -0.4 is 5.32 Å². The molecular formula is C27H40N4O3S. The molecule has 7 nitrogen and oxygen atoms in total. The standard InChI is InChI=1S/C27H40N4O3S/c1-4-24-25(22-11-9-20(2)10-12-22)35(33,34)29-26(24)31-18-13-23(14-19-31)27(32)28-15-7-17-30-16-6-5-8-21(30)3/h9-12,21,23H,4-8,13-19H2,1-3H3,(H,28,32)/t21-/m1/s1. The van der Waals surface area contributed by atoms with Crippen molar-refractivity contribution in [3.05, 3.63) is 41.0 Å². The number of piperidine rings is 2. The first kappa shape index (κ1) is 25.9. The molecule has 1 N–H and O–H groups in total. The lowest BCUT2D eigenvalue weighted by atomic mass is 9.94. The molecule has 0 radical (unpaired) electrons. The molecule has 3 heterocycles. The number of aryl methyl sites for hydroxylation is 1. The molecule has 4 rings (SSSR count). The van der Waals surface area contributed by atoms with Crippen LogP contribution in [0.1, 0.15) is 69.9 Å². The minimum Gasteiger partial charge on any atom is -0.356 e. The summed E-state index contributed by atoms with van der Waals surface area (Å²) >= 11 is 0. The van der Waals surface area contributed by atoms with E-state index in [1.54, 1.807) is 0 Å². The van der Waals surface area contributed by atoms with Gasteiger partial charge in [-0.25, -0.2) is 0 Å². The Balaban J connectivity index is 1.31. The largest absolute Gasteiger partial charge is 0.356 e. The normalized spacial score (nSPS) is 23.5. The van der Waals surface area contributed by atoms with Crippen molar-refractivity contribution in [2.24, 2.45) is 10.3 Å². The molecule has 2 fully saturated rings. The second-order valence-corrected chi connectivity index (χ2v) is 11.7. The van der Waals surface area contributed by atoms with E-state index in [0.717, 1.165) is 30.6 Å². The van der Waals surface area contributed by atoms with Crippen molar-refractivity contribution in [2.45, 2.75) is 71.8 Å². The second-order valence-electron chi connectivity index (χ2n) is 10.2. The quantitative estimate of drug-likeness (QED) is 0.574. The van der Waals surface area contributed by atoms with Gasteiger partial charge in [-0.1, -0.05) is 43.2 Å². The zero-order chi connectivity index (χ0) is 25.0. The monoisotopic (exact) mass is 500 g/mol. The second kappa shape index (κ2) is 11.2. The molecule has 3 aliphatic rings. The molecule has 1 amide bonds. The lowest BCUT2D eigenvalue weighted by Gasteiger charge is -2.34. The predicted molar refractivity (Wildman–Crippen MR) is 142 cm³/mol. The smallest absolute Gasteiger partial charge is 0.285 e. The maximum absolute atomic E-state index is 13.0. The van der Waals surface area contributed by atoms with Crippen LogP contribution in [0.2, 0.25) is 0 Å². The highest BCUT2D eigenvalue weighted by Crippen LogP contribution is 2.36. The zero-order valence-corrected chi connectivity index (χ0v) is 22.2. The van der Waals surface area contributed by atoms with Gasteiger partial charge in [0.2, 0.25) is 5.91 Å². The molecule has 0 spiro atoms. The van der Waals surface area contributed by atoms with Crippen LogP contribution in [0, 0.1) is 12.8 Å². The Bertz CT molecular complexity index is 1070. The van der Waals surface area contributed by atoms with Crippen LogP contribution in [0.5, 0.6) is 0 Å². The number of amides is 1. The van der Waals surface area contributed by atoms with Crippen molar-refractivity contribution in [3.63, 3.8) is 0 Å². The number of sulfonamides is 1. The van der Waals surface area contributed by atoms with Crippen LogP contribution >= 0.6 is 0 Å². The third-order valence-corrected chi connectivity index (χ3v) is 9.11. The van der Waals surface area contributed by atoms with Gasteiger partial charge in [0.05, 0.1) is 0 Å². The van der Waals surface area contributed by atoms with Crippen molar-refractivity contribution in [2.75, 3.05) is 32.7 Å². The summed E-state index contributed by atoms with van der Waals surface area (Å²) in [7, 11) is -3.73. The van der Waals surface area contributed by atoms with Gasteiger partial charge in [0, 0.05) is 43.7 Å². The van der Waals surface area contributed by atoms with Crippen molar-refractivity contribution < 1.29 is 13.2 Å². The Morgan fingerprint density at radius 2 is 1.80 bits per heavy atom. The van der Waals surface area contributed by atoms with Gasteiger partial charge in [-0.15, -0.1) is 4.40 Å². The van der Waals surface area contributed by atoms with Crippen molar-refractivity contribution in [3.8, 4) is 0 Å². The molecule has 0 aromatic heterocycles. The summed E-state index contributed by atoms with van der Waals surface area (Å²) in [4.78, 5) is 17.7. The topological polar surface area (TPSA) is 82.1 Å². The first-order valence-electron chi connectivity index (χ1n) is 13.2. The average molecular weight is 501 g/mol. The van der Waals surface area contributed by atoms with Crippen LogP contribution in [0.4, 0.5) is 0 Å². The fraction of sp³-hybridized carbons (Fsp3) is 0.630. The number of rotatable bonds is 7. The Hall–Kier alpha value is -2.19. The number of hydrogen-bond donors (Lipinski definition) is 1. The molecule has 35 heavy (non-hydrogen) atoms. The van der Waals surface area contributed by atoms with E-state index in [1.807, 2.05) is 38.1 Å². The van der Waals surface area contributed by atoms with Gasteiger partial charge >= 0.3 is 0 Å². The highest BCUT2D eigenvalue weighted by Gasteiger charge is 2.36. The van der Waals surface area contributed by atoms with Gasteiger partial charge in [0.1, 0.15) is 10.7 Å². The van der Waals surface area contributed by atoms with E-state index in [2.05, 4.69) is 26.4 Å². The number of likely N-dealkylation sites (tertiary alicyclic amines) is 2. The molecule has 0 saturated carbocycles. The van der Waals surface area contributed by atoms with Gasteiger partial charge in [0.25, 0.3) is 10.0 Å². The minimum absolute atomic E-state index is 0.0237. The van der Waals surface area contributed by atoms with Crippen molar-refractivity contribution in [1.29, 1.82) is 0 Å². The molecule has 0 unspecified atom stereocenters. The number of carbonyl (C=O) groups excluding carboxylic acids is 1. The molecule has 1 aromatic carbocycles. The third-order valence-electron chi connectivity index (χ3n) is 7.70. The summed E-state index contributed by atoms with van der Waals surface area (Å²) in [6.07, 6.45) is 6.89. The van der Waals surface area contributed by atoms with Crippen molar-refractivity contribution >= 4 is 26.7 Å². The summed E-state index contributed by atoms with van der Waals surface area (Å²) < 4.78 is 30.2. The maximum atomic E-state index is 13.0. The Labute approximate surface area is 210 Å². The van der Waals surface area contributed by atoms with Gasteiger partial charge < -0.3 is 15.1 Å². The fourth-order valence-electron chi connectivity index (χ4n) is 5.55. The fourth-order valence-corrected chi connectivity index (χ4v) is 7.07. The first-order valence-corrected chi connectivity index (χ1v) is 14.7. The van der Waals surface area contributed by atoms with E-state index in [-0.39, 0.29) is 11.8 Å². The summed E-state index contributed by atoms with van der Waals surface area (Å²) in [6, 6.07) is 8.23. The summed E-state index contributed by atoms with van der Waals surface area (Å²) in [5, 5.41) is 3.14. The highest BCUT2D eigenvalue weighted by atomic mass is 32.2. The van der Waals surface area contributed by atoms with Crippen LogP contribution in [0.15, 0.2) is 34.2 Å². The van der Waals surface area contributed by atoms with Gasteiger partial charge in [-0.2, -0.15) is 8.42 Å². The lowest BCUT2D eigenvalue weighted by molar-refractivity contribution is -0.126. The van der Waals surface area contributed by atoms with E-state index in [1.165, 1.54) is 25.8 Å². The minimum atomic E-state index is -3.73. The number of benzene rings is 1. The molecule has 1 aromatic rings. The van der Waals surface area contributed by atoms with Gasteiger partial charge in [-0.3, -0.25) is 4.79 Å². The van der Waals surface area contributed by atoms with Gasteiger partial charge in [-0.05, 0) is 64.5 Å². The van der Waals surface area contributed by atoms with E-state index in [0.29, 0.717) is 54.7 Å². The number of amidine groups is 1. The van der Waals surface area contributed by atoms with Crippen LogP contribution in [0.3, 0.4) is 0 Å². The first-order chi connectivity index (χ1) is 16.8. The summed E-state index contributed by atoms with van der Waals surface area (Å²) in [5.74, 6) is 0.672. The number of carbonyl (C=O) groups is 1. The molecule has 192 valence electrons. The average Bonchev–Trinajstić information content (AvgIpc) is 3.13. The molecule has 1 atom stereocenters. The van der Waals surface area contributed by atoms with E-state index in [9.17, 15) is 13.2 Å². The Morgan fingerprint density at radius 1 is 1.09 bits per heavy atom. The molecule has 8 heteroatoms. The number of nitrogens with one attached hydrogen (secondary N) is 1. The molecule has 0 aliphatic carbocycles. The Kier molecular flexibility index (Phi) is 8.32. The summed E-state index contributed by atoms with van der Waals surface area (Å²) in [5.41, 5.74) is 2.56. The van der Waals surface area contributed by atoms with Crippen molar-refractivity contribution in [1.82, 2.24) is 15.1 Å².